The summed E-state index contributed by atoms with van der Waals surface area (Å²) in [6.07, 6.45) is 0.387. The fraction of sp³-hybridized carbons (Fsp3) is 0.231. The van der Waals surface area contributed by atoms with Gasteiger partial charge in [-0.1, -0.05) is 110 Å². The van der Waals surface area contributed by atoms with E-state index in [1.54, 1.807) is 28.4 Å². The zero-order valence-electron chi connectivity index (χ0n) is 26.6. The lowest BCUT2D eigenvalue weighted by Gasteiger charge is -2.39. The number of methoxy groups -OCH3 is 4. The summed E-state index contributed by atoms with van der Waals surface area (Å²) in [7, 11) is 3.07. The van der Waals surface area contributed by atoms with Crippen molar-refractivity contribution in [2.75, 3.05) is 34.6 Å². The van der Waals surface area contributed by atoms with Gasteiger partial charge in [0.25, 0.3) is 0 Å². The molecule has 3 unspecified atom stereocenters. The van der Waals surface area contributed by atoms with Crippen LogP contribution in [0.15, 0.2) is 127 Å². The van der Waals surface area contributed by atoms with Crippen LogP contribution in [0, 0.1) is 0 Å². The van der Waals surface area contributed by atoms with Crippen molar-refractivity contribution >= 4 is 7.14 Å². The summed E-state index contributed by atoms with van der Waals surface area (Å²) in [6, 6.07) is 41.9. The Balaban J connectivity index is 1.93. The molecule has 5 aromatic rings. The first kappa shape index (κ1) is 31.9. The normalized spacial score (nSPS) is 14.4. The second kappa shape index (κ2) is 14.5. The molecule has 0 N–H and O–H groups in total. The Labute approximate surface area is 267 Å². The molecule has 0 aliphatic heterocycles. The quantitative estimate of drug-likeness (QED) is 0.123. The Kier molecular flexibility index (Phi) is 10.3. The third kappa shape index (κ3) is 6.50. The summed E-state index contributed by atoms with van der Waals surface area (Å²) in [5, 5.41) is 0. The molecule has 0 amide bonds. The maximum atomic E-state index is 17.0. The highest BCUT2D eigenvalue weighted by atomic mass is 31.2. The van der Waals surface area contributed by atoms with Crippen LogP contribution in [0.1, 0.15) is 52.0 Å². The predicted molar refractivity (Wildman–Crippen MR) is 183 cm³/mol. The lowest BCUT2D eigenvalue weighted by atomic mass is 10.0. The summed E-state index contributed by atoms with van der Waals surface area (Å²) in [5.41, 5.74) is 3.26. The van der Waals surface area contributed by atoms with Crippen LogP contribution in [-0.2, 0) is 4.57 Å². The summed E-state index contributed by atoms with van der Waals surface area (Å²) in [5.74, 6) is 2.43. The molecule has 6 heteroatoms. The minimum Gasteiger partial charge on any atom is -0.496 e. The second-order valence-electron chi connectivity index (χ2n) is 11.1. The molecule has 0 fully saturated rings. The van der Waals surface area contributed by atoms with Crippen molar-refractivity contribution in [1.29, 1.82) is 0 Å². The van der Waals surface area contributed by atoms with Crippen LogP contribution in [-0.4, -0.2) is 34.6 Å². The van der Waals surface area contributed by atoms with Crippen LogP contribution in [0.25, 0.3) is 0 Å². The van der Waals surface area contributed by atoms with Crippen molar-refractivity contribution in [2.24, 2.45) is 0 Å². The standard InChI is InChI=1S/C39H41O5P/c1-28(29-17-9-6-10-18-29)27-45(40,38(30-19-11-7-12-20-30)36-32(41-2)23-15-24-33(36)42-3)39(31-21-13-8-14-22-31)37-34(43-4)25-16-26-35(37)44-5/h6-26,28,38-39H,27H2,1-5H3. The number of hydrogen-bond acceptors (Lipinski definition) is 5. The molecule has 0 saturated heterocycles. The van der Waals surface area contributed by atoms with Crippen molar-refractivity contribution < 1.29 is 23.5 Å². The van der Waals surface area contributed by atoms with E-state index >= 15 is 4.57 Å². The van der Waals surface area contributed by atoms with E-state index in [1.807, 2.05) is 91.0 Å². The van der Waals surface area contributed by atoms with Gasteiger partial charge in [-0.2, -0.15) is 0 Å². The topological polar surface area (TPSA) is 54.0 Å². The lowest BCUT2D eigenvalue weighted by molar-refractivity contribution is 0.383. The number of benzene rings is 5. The molecule has 5 nitrogen and oxygen atoms in total. The van der Waals surface area contributed by atoms with Gasteiger partial charge in [-0.25, -0.2) is 0 Å². The van der Waals surface area contributed by atoms with Crippen molar-refractivity contribution in [3.63, 3.8) is 0 Å². The minimum atomic E-state index is -3.53. The maximum absolute atomic E-state index is 17.0. The summed E-state index contributed by atoms with van der Waals surface area (Å²) in [4.78, 5) is 0. The van der Waals surface area contributed by atoms with E-state index in [0.717, 1.165) is 27.8 Å². The molecular formula is C39H41O5P. The molecular weight excluding hydrogens is 579 g/mol. The Morgan fingerprint density at radius 3 is 1.09 bits per heavy atom. The molecule has 0 spiro atoms. The highest BCUT2D eigenvalue weighted by Gasteiger charge is 2.48. The van der Waals surface area contributed by atoms with Crippen molar-refractivity contribution in [3.8, 4) is 23.0 Å². The molecule has 3 atom stereocenters. The van der Waals surface area contributed by atoms with E-state index in [4.69, 9.17) is 18.9 Å². The second-order valence-corrected chi connectivity index (χ2v) is 14.2. The minimum absolute atomic E-state index is 0.0455. The van der Waals surface area contributed by atoms with Crippen LogP contribution in [0.4, 0.5) is 0 Å². The van der Waals surface area contributed by atoms with Gasteiger partial charge >= 0.3 is 0 Å². The van der Waals surface area contributed by atoms with Crippen molar-refractivity contribution in [3.05, 3.63) is 155 Å². The van der Waals surface area contributed by atoms with Gasteiger partial charge in [0.2, 0.25) is 0 Å². The van der Waals surface area contributed by atoms with Gasteiger partial charge in [0.05, 0.1) is 50.9 Å². The molecule has 45 heavy (non-hydrogen) atoms. The molecule has 5 rings (SSSR count). The first-order valence-electron chi connectivity index (χ1n) is 15.1. The van der Waals surface area contributed by atoms with E-state index in [0.29, 0.717) is 29.2 Å². The largest absolute Gasteiger partial charge is 0.496 e. The van der Waals surface area contributed by atoms with Gasteiger partial charge in [-0.05, 0) is 46.9 Å². The zero-order valence-corrected chi connectivity index (χ0v) is 27.4. The molecule has 0 aliphatic carbocycles. The van der Waals surface area contributed by atoms with Crippen molar-refractivity contribution in [2.45, 2.75) is 24.2 Å². The molecule has 0 aliphatic rings. The van der Waals surface area contributed by atoms with Crippen molar-refractivity contribution in [1.82, 2.24) is 0 Å². The maximum Gasteiger partial charge on any atom is 0.126 e. The van der Waals surface area contributed by atoms with Gasteiger partial charge in [-0.15, -0.1) is 0 Å². The monoisotopic (exact) mass is 620 g/mol. The third-order valence-electron chi connectivity index (χ3n) is 8.51. The predicted octanol–water partition coefficient (Wildman–Crippen LogP) is 9.77. The fourth-order valence-electron chi connectivity index (χ4n) is 6.52. The molecule has 0 heterocycles. The average Bonchev–Trinajstić information content (AvgIpc) is 3.09. The SMILES string of the molecule is COc1cccc(OC)c1C(c1ccccc1)P(=O)(CC(C)c1ccccc1)C(c1ccccc1)c1c(OC)cccc1OC. The summed E-state index contributed by atoms with van der Waals surface area (Å²) < 4.78 is 41.1. The lowest BCUT2D eigenvalue weighted by Crippen LogP contribution is -2.18. The Hall–Kier alpha value is -4.47. The first-order valence-corrected chi connectivity index (χ1v) is 17.1. The third-order valence-corrected chi connectivity index (χ3v) is 12.5. The van der Waals surface area contributed by atoms with E-state index in [1.165, 1.54) is 0 Å². The highest BCUT2D eigenvalue weighted by molar-refractivity contribution is 7.65. The number of rotatable bonds is 13. The highest BCUT2D eigenvalue weighted by Crippen LogP contribution is 2.76. The summed E-state index contributed by atoms with van der Waals surface area (Å²) in [6.45, 7) is 2.16. The number of hydrogen-bond donors (Lipinski definition) is 0. The van der Waals surface area contributed by atoms with Crippen LogP contribution < -0.4 is 18.9 Å². The molecule has 0 aromatic heterocycles. The fourth-order valence-corrected chi connectivity index (χ4v) is 11.0. The van der Waals surface area contributed by atoms with Gasteiger partial charge in [0.15, 0.2) is 0 Å². The van der Waals surface area contributed by atoms with Gasteiger partial charge in [-0.3, -0.25) is 0 Å². The molecule has 5 aromatic carbocycles. The number of ether oxygens (including phenoxy) is 4. The van der Waals surface area contributed by atoms with Crippen LogP contribution in [0.3, 0.4) is 0 Å². The van der Waals surface area contributed by atoms with E-state index in [-0.39, 0.29) is 5.92 Å². The summed E-state index contributed by atoms with van der Waals surface area (Å²) >= 11 is 0. The van der Waals surface area contributed by atoms with Gasteiger partial charge < -0.3 is 23.5 Å². The van der Waals surface area contributed by atoms with Crippen LogP contribution >= 0.6 is 7.14 Å². The van der Waals surface area contributed by atoms with E-state index in [2.05, 4.69) is 43.3 Å². The van der Waals surface area contributed by atoms with E-state index < -0.39 is 18.5 Å². The van der Waals surface area contributed by atoms with Crippen LogP contribution in [0.2, 0.25) is 0 Å². The van der Waals surface area contributed by atoms with Gasteiger partial charge in [0, 0.05) is 6.16 Å². The average molecular weight is 621 g/mol. The zero-order chi connectivity index (χ0) is 31.8. The van der Waals surface area contributed by atoms with E-state index in [9.17, 15) is 0 Å². The van der Waals surface area contributed by atoms with Gasteiger partial charge in [0.1, 0.15) is 30.1 Å². The first-order chi connectivity index (χ1) is 22.0. The molecule has 0 saturated carbocycles. The Morgan fingerprint density at radius 1 is 0.467 bits per heavy atom. The smallest absolute Gasteiger partial charge is 0.126 e. The Bertz CT molecular complexity index is 1580. The van der Waals surface area contributed by atoms with Crippen LogP contribution in [0.5, 0.6) is 23.0 Å². The molecule has 0 bridgehead atoms. The Morgan fingerprint density at radius 2 is 0.778 bits per heavy atom. The molecule has 0 radical (unpaired) electrons. The molecule has 232 valence electrons.